The number of amides is 2. The van der Waals surface area contributed by atoms with Crippen LogP contribution >= 0.6 is 23.2 Å². The van der Waals surface area contributed by atoms with Gasteiger partial charge in [0.15, 0.2) is 0 Å². The summed E-state index contributed by atoms with van der Waals surface area (Å²) in [5.41, 5.74) is 0.320. The van der Waals surface area contributed by atoms with Crippen molar-refractivity contribution < 1.29 is 22.4 Å². The normalized spacial score (nSPS) is 12.5. The molecule has 2 amide bonds. The zero-order valence-electron chi connectivity index (χ0n) is 23.6. The molecule has 11 heteroatoms. The second-order valence-corrected chi connectivity index (χ2v) is 13.3. The maximum absolute atomic E-state index is 15.1. The average Bonchev–Trinajstić information content (AvgIpc) is 2.88. The first-order chi connectivity index (χ1) is 19.2. The standard InChI is InChI=1S/C30H34Cl2FN3O4S/c1-6-26(29(38)34-30(3,4)5)35(18-22-23(31)10-9-11-24(22)32)28(37)19-36(27-13-8-7-12-25(27)33)41(39,40)21-16-14-20(2)15-17-21/h7-17,26H,6,18-19H2,1-5H3,(H,34,38)/t26-/m0/s1. The van der Waals surface area contributed by atoms with E-state index in [0.717, 1.165) is 15.9 Å². The third kappa shape index (κ3) is 7.99. The number of nitrogens with one attached hydrogen (secondary N) is 1. The molecule has 7 nitrogen and oxygen atoms in total. The smallest absolute Gasteiger partial charge is 0.264 e. The summed E-state index contributed by atoms with van der Waals surface area (Å²) in [6.07, 6.45) is 0.208. The molecule has 1 N–H and O–H groups in total. The van der Waals surface area contributed by atoms with E-state index < -0.39 is 45.8 Å². The van der Waals surface area contributed by atoms with Crippen molar-refractivity contribution in [3.8, 4) is 0 Å². The van der Waals surface area contributed by atoms with Crippen LogP contribution in [0.5, 0.6) is 0 Å². The SMILES string of the molecule is CC[C@@H](C(=O)NC(C)(C)C)N(Cc1c(Cl)cccc1Cl)C(=O)CN(c1ccccc1F)S(=O)(=O)c1ccc(C)cc1. The number of carbonyl (C=O) groups is 2. The van der Waals surface area contributed by atoms with Gasteiger partial charge in [-0.25, -0.2) is 12.8 Å². The molecule has 0 aliphatic carbocycles. The first-order valence-electron chi connectivity index (χ1n) is 13.0. The number of halogens is 3. The van der Waals surface area contributed by atoms with Gasteiger partial charge in [0.1, 0.15) is 18.4 Å². The summed E-state index contributed by atoms with van der Waals surface area (Å²) in [5, 5.41) is 3.44. The number of anilines is 1. The number of aryl methyl sites for hydroxylation is 1. The highest BCUT2D eigenvalue weighted by Crippen LogP contribution is 2.30. The number of rotatable bonds is 10. The fourth-order valence-electron chi connectivity index (χ4n) is 4.23. The number of hydrogen-bond acceptors (Lipinski definition) is 4. The van der Waals surface area contributed by atoms with Crippen molar-refractivity contribution in [2.24, 2.45) is 0 Å². The van der Waals surface area contributed by atoms with E-state index in [1.807, 2.05) is 20.8 Å². The minimum atomic E-state index is -4.40. The van der Waals surface area contributed by atoms with Crippen molar-refractivity contribution in [2.75, 3.05) is 10.8 Å². The molecule has 0 radical (unpaired) electrons. The number of sulfonamides is 1. The minimum absolute atomic E-state index is 0.114. The Hall–Kier alpha value is -3.14. The Labute approximate surface area is 251 Å². The molecule has 0 heterocycles. The van der Waals surface area contributed by atoms with Gasteiger partial charge in [0.2, 0.25) is 11.8 Å². The summed E-state index contributed by atoms with van der Waals surface area (Å²) in [7, 11) is -4.40. The van der Waals surface area contributed by atoms with Crippen LogP contribution in [-0.4, -0.2) is 43.3 Å². The summed E-state index contributed by atoms with van der Waals surface area (Å²) in [4.78, 5) is 28.6. The van der Waals surface area contributed by atoms with Crippen LogP contribution in [-0.2, 0) is 26.2 Å². The van der Waals surface area contributed by atoms with Gasteiger partial charge in [0.25, 0.3) is 10.0 Å². The van der Waals surface area contributed by atoms with Crippen LogP contribution in [0.4, 0.5) is 10.1 Å². The second kappa shape index (κ2) is 13.2. The first kappa shape index (κ1) is 32.4. The molecule has 3 rings (SSSR count). The lowest BCUT2D eigenvalue weighted by atomic mass is 10.1. The zero-order chi connectivity index (χ0) is 30.5. The van der Waals surface area contributed by atoms with E-state index >= 15 is 4.39 Å². The molecule has 3 aromatic carbocycles. The van der Waals surface area contributed by atoms with E-state index in [4.69, 9.17) is 23.2 Å². The van der Waals surface area contributed by atoms with Crippen molar-refractivity contribution in [1.82, 2.24) is 10.2 Å². The van der Waals surface area contributed by atoms with Crippen LogP contribution in [0.2, 0.25) is 10.0 Å². The number of nitrogens with zero attached hydrogens (tertiary/aromatic N) is 2. The Morgan fingerprint density at radius 1 is 0.951 bits per heavy atom. The highest BCUT2D eigenvalue weighted by atomic mass is 35.5. The summed E-state index contributed by atoms with van der Waals surface area (Å²) in [5.74, 6) is -2.00. The van der Waals surface area contributed by atoms with Crippen molar-refractivity contribution in [1.29, 1.82) is 0 Å². The highest BCUT2D eigenvalue weighted by molar-refractivity contribution is 7.92. The summed E-state index contributed by atoms with van der Waals surface area (Å²) in [6.45, 7) is 8.01. The molecule has 0 fully saturated rings. The average molecular weight is 623 g/mol. The van der Waals surface area contributed by atoms with Crippen LogP contribution in [0.1, 0.15) is 45.2 Å². The molecular weight excluding hydrogens is 588 g/mol. The van der Waals surface area contributed by atoms with Gasteiger partial charge in [0, 0.05) is 27.7 Å². The Kier molecular flexibility index (Phi) is 10.4. The lowest BCUT2D eigenvalue weighted by molar-refractivity contribution is -0.141. The van der Waals surface area contributed by atoms with Gasteiger partial charge >= 0.3 is 0 Å². The Balaban J connectivity index is 2.13. The zero-order valence-corrected chi connectivity index (χ0v) is 25.9. The maximum Gasteiger partial charge on any atom is 0.264 e. The predicted molar refractivity (Wildman–Crippen MR) is 161 cm³/mol. The van der Waals surface area contributed by atoms with E-state index in [1.54, 1.807) is 44.2 Å². The molecule has 0 aliphatic heterocycles. The minimum Gasteiger partial charge on any atom is -0.350 e. The van der Waals surface area contributed by atoms with Gasteiger partial charge < -0.3 is 10.2 Å². The number of benzene rings is 3. The molecule has 0 bridgehead atoms. The van der Waals surface area contributed by atoms with Gasteiger partial charge in [-0.2, -0.15) is 0 Å². The maximum atomic E-state index is 15.1. The number of carbonyl (C=O) groups excluding carboxylic acids is 2. The van der Waals surface area contributed by atoms with E-state index in [9.17, 15) is 18.0 Å². The molecule has 0 saturated heterocycles. The van der Waals surface area contributed by atoms with E-state index in [0.29, 0.717) is 5.56 Å². The van der Waals surface area contributed by atoms with Crippen molar-refractivity contribution in [3.05, 3.63) is 93.7 Å². The molecule has 220 valence electrons. The highest BCUT2D eigenvalue weighted by Gasteiger charge is 2.35. The van der Waals surface area contributed by atoms with Gasteiger partial charge in [0.05, 0.1) is 10.6 Å². The molecule has 41 heavy (non-hydrogen) atoms. The first-order valence-corrected chi connectivity index (χ1v) is 15.2. The lowest BCUT2D eigenvalue weighted by Gasteiger charge is -2.35. The summed E-state index contributed by atoms with van der Waals surface area (Å²) >= 11 is 12.8. The molecule has 0 saturated carbocycles. The molecule has 1 atom stereocenters. The monoisotopic (exact) mass is 621 g/mol. The van der Waals surface area contributed by atoms with Gasteiger partial charge in [-0.3, -0.25) is 13.9 Å². The Morgan fingerprint density at radius 2 is 1.54 bits per heavy atom. The quantitative estimate of drug-likeness (QED) is 0.285. The fraction of sp³-hybridized carbons (Fsp3) is 0.333. The van der Waals surface area contributed by atoms with Gasteiger partial charge in [-0.1, -0.05) is 66.0 Å². The van der Waals surface area contributed by atoms with Crippen LogP contribution in [0.25, 0.3) is 0 Å². The van der Waals surface area contributed by atoms with Crippen LogP contribution in [0, 0.1) is 12.7 Å². The lowest BCUT2D eigenvalue weighted by Crippen LogP contribution is -2.55. The van der Waals surface area contributed by atoms with Gasteiger partial charge in [-0.05, 0) is 70.5 Å². The second-order valence-electron chi connectivity index (χ2n) is 10.7. The van der Waals surface area contributed by atoms with Crippen LogP contribution in [0.15, 0.2) is 71.6 Å². The van der Waals surface area contributed by atoms with Crippen molar-refractivity contribution in [3.63, 3.8) is 0 Å². The molecule has 3 aromatic rings. The molecule has 0 spiro atoms. The molecule has 0 aromatic heterocycles. The van der Waals surface area contributed by atoms with E-state index in [-0.39, 0.29) is 33.6 Å². The largest absolute Gasteiger partial charge is 0.350 e. The van der Waals surface area contributed by atoms with E-state index in [2.05, 4.69) is 5.32 Å². The predicted octanol–water partition coefficient (Wildman–Crippen LogP) is 6.36. The fourth-order valence-corrected chi connectivity index (χ4v) is 6.17. The molecule has 0 aliphatic rings. The molecular formula is C30H34Cl2FN3O4S. The van der Waals surface area contributed by atoms with Gasteiger partial charge in [-0.15, -0.1) is 0 Å². The summed E-state index contributed by atoms with van der Waals surface area (Å²) < 4.78 is 43.5. The number of para-hydroxylation sites is 1. The number of hydrogen-bond donors (Lipinski definition) is 1. The summed E-state index contributed by atoms with van der Waals surface area (Å²) in [6, 6.07) is 15.2. The third-order valence-corrected chi connectivity index (χ3v) is 8.77. The van der Waals surface area contributed by atoms with Crippen LogP contribution < -0.4 is 9.62 Å². The van der Waals surface area contributed by atoms with Crippen LogP contribution in [0.3, 0.4) is 0 Å². The topological polar surface area (TPSA) is 86.8 Å². The third-order valence-electron chi connectivity index (χ3n) is 6.28. The molecule has 0 unspecified atom stereocenters. The van der Waals surface area contributed by atoms with Crippen molar-refractivity contribution >= 4 is 50.7 Å². The van der Waals surface area contributed by atoms with E-state index in [1.165, 1.54) is 35.2 Å². The Bertz CT molecular complexity index is 1490. The van der Waals surface area contributed by atoms with Crippen molar-refractivity contribution in [2.45, 2.75) is 64.1 Å². The Morgan fingerprint density at radius 3 is 2.07 bits per heavy atom.